The van der Waals surface area contributed by atoms with Crippen molar-refractivity contribution in [2.24, 2.45) is 0 Å². The van der Waals surface area contributed by atoms with Crippen molar-refractivity contribution in [2.45, 2.75) is 56.7 Å². The summed E-state index contributed by atoms with van der Waals surface area (Å²) >= 11 is 0. The maximum Gasteiger partial charge on any atom is 0.126 e. The van der Waals surface area contributed by atoms with Crippen LogP contribution in [-0.2, 0) is 13.0 Å². The van der Waals surface area contributed by atoms with Gasteiger partial charge in [-0.25, -0.2) is 4.98 Å². The Morgan fingerprint density at radius 3 is 2.87 bits per heavy atom. The predicted molar refractivity (Wildman–Crippen MR) is 118 cm³/mol. The fourth-order valence-corrected chi connectivity index (χ4v) is 5.40. The first-order valence-electron chi connectivity index (χ1n) is 11.1. The number of aromatic nitrogens is 3. The molecule has 0 aromatic carbocycles. The lowest BCUT2D eigenvalue weighted by Gasteiger charge is -2.21. The lowest BCUT2D eigenvalue weighted by atomic mass is 10.1. The minimum Gasteiger partial charge on any atom is -0.364 e. The van der Waals surface area contributed by atoms with Gasteiger partial charge < -0.3 is 5.32 Å². The summed E-state index contributed by atoms with van der Waals surface area (Å²) in [5.74, 6) is 1.56. The van der Waals surface area contributed by atoms with Gasteiger partial charge >= 0.3 is 0 Å². The second-order valence-electron chi connectivity index (χ2n) is 9.19. The van der Waals surface area contributed by atoms with E-state index in [9.17, 15) is 0 Å². The Morgan fingerprint density at radius 2 is 2.03 bits per heavy atom. The first kappa shape index (κ1) is 18.0. The van der Waals surface area contributed by atoms with Crippen LogP contribution in [0.1, 0.15) is 48.9 Å². The lowest BCUT2D eigenvalue weighted by molar-refractivity contribution is 0.260. The van der Waals surface area contributed by atoms with Crippen LogP contribution in [0, 0.1) is 0 Å². The molecule has 3 aromatic rings. The molecule has 4 heterocycles. The Hall–Kier alpha value is -2.79. The molecule has 152 valence electrons. The predicted octanol–water partition coefficient (Wildman–Crippen LogP) is 4.42. The van der Waals surface area contributed by atoms with Crippen LogP contribution in [0.2, 0.25) is 0 Å². The van der Waals surface area contributed by atoms with Crippen molar-refractivity contribution >= 4 is 5.82 Å². The zero-order valence-electron chi connectivity index (χ0n) is 17.4. The van der Waals surface area contributed by atoms with E-state index in [-0.39, 0.29) is 5.54 Å². The van der Waals surface area contributed by atoms with Crippen molar-refractivity contribution in [3.05, 3.63) is 71.8 Å². The normalized spacial score (nSPS) is 27.0. The van der Waals surface area contributed by atoms with Crippen LogP contribution >= 0.6 is 0 Å². The highest BCUT2D eigenvalue weighted by Gasteiger charge is 2.60. The molecule has 1 saturated carbocycles. The average Bonchev–Trinajstić information content (AvgIpc) is 3.15. The molecule has 0 radical (unpaired) electrons. The standard InChI is InChI=1S/C25H27N5/c1-17-3-2-12-30(17)16-18-6-11-27-24(13-18)29-25-14-21(25)20-4-5-22(28-23(20)15-25)19-7-9-26-10-8-19/h4-11,13,17,21H,2-3,12,14-16H2,1H3,(H,27,29)/t17-,21?,25?/m1/s1. The molecule has 2 unspecified atom stereocenters. The molecule has 5 nitrogen and oxygen atoms in total. The molecule has 1 N–H and O–H groups in total. The number of rotatable bonds is 5. The van der Waals surface area contributed by atoms with Crippen LogP contribution in [-0.4, -0.2) is 38.0 Å². The zero-order valence-corrected chi connectivity index (χ0v) is 17.4. The first-order valence-corrected chi connectivity index (χ1v) is 11.1. The molecule has 0 spiro atoms. The van der Waals surface area contributed by atoms with E-state index in [0.29, 0.717) is 12.0 Å². The Labute approximate surface area is 177 Å². The lowest BCUT2D eigenvalue weighted by Crippen LogP contribution is -2.27. The van der Waals surface area contributed by atoms with Gasteiger partial charge in [-0.2, -0.15) is 0 Å². The van der Waals surface area contributed by atoms with Gasteiger partial charge in [0.05, 0.1) is 11.2 Å². The Morgan fingerprint density at radius 1 is 1.13 bits per heavy atom. The summed E-state index contributed by atoms with van der Waals surface area (Å²) < 4.78 is 0. The summed E-state index contributed by atoms with van der Waals surface area (Å²) in [7, 11) is 0. The number of nitrogens with zero attached hydrogens (tertiary/aromatic N) is 4. The van der Waals surface area contributed by atoms with Crippen molar-refractivity contribution in [3.63, 3.8) is 0 Å². The van der Waals surface area contributed by atoms with Gasteiger partial charge in [-0.15, -0.1) is 0 Å². The maximum atomic E-state index is 4.99. The Bertz CT molecular complexity index is 1080. The van der Waals surface area contributed by atoms with E-state index >= 15 is 0 Å². The molecule has 2 aliphatic carbocycles. The van der Waals surface area contributed by atoms with E-state index in [1.807, 2.05) is 30.7 Å². The molecule has 30 heavy (non-hydrogen) atoms. The number of anilines is 1. The minimum absolute atomic E-state index is 0.0960. The molecule has 0 bridgehead atoms. The molecule has 6 rings (SSSR count). The zero-order chi connectivity index (χ0) is 20.1. The number of pyridine rings is 3. The summed E-state index contributed by atoms with van der Waals surface area (Å²) in [5, 5.41) is 3.79. The van der Waals surface area contributed by atoms with E-state index in [1.54, 1.807) is 0 Å². The van der Waals surface area contributed by atoms with Crippen LogP contribution in [0.5, 0.6) is 0 Å². The quantitative estimate of drug-likeness (QED) is 0.691. The van der Waals surface area contributed by atoms with Crippen molar-refractivity contribution in [3.8, 4) is 11.3 Å². The van der Waals surface area contributed by atoms with Crippen LogP contribution in [0.15, 0.2) is 55.0 Å². The van der Waals surface area contributed by atoms with Gasteiger partial charge in [-0.1, -0.05) is 6.07 Å². The first-order chi connectivity index (χ1) is 14.7. The molecule has 0 amide bonds. The van der Waals surface area contributed by atoms with Crippen molar-refractivity contribution in [1.29, 1.82) is 0 Å². The van der Waals surface area contributed by atoms with Crippen LogP contribution in [0.25, 0.3) is 11.3 Å². The van der Waals surface area contributed by atoms with Crippen LogP contribution in [0.4, 0.5) is 5.82 Å². The summed E-state index contributed by atoms with van der Waals surface area (Å²) in [6.45, 7) is 4.56. The largest absolute Gasteiger partial charge is 0.364 e. The number of nitrogens with one attached hydrogen (secondary N) is 1. The van der Waals surface area contributed by atoms with Crippen LogP contribution < -0.4 is 5.32 Å². The molecule has 5 heteroatoms. The summed E-state index contributed by atoms with van der Waals surface area (Å²) in [4.78, 5) is 16.3. The molecular weight excluding hydrogens is 370 g/mol. The van der Waals surface area contributed by atoms with Crippen molar-refractivity contribution < 1.29 is 0 Å². The minimum atomic E-state index is 0.0960. The Balaban J connectivity index is 1.20. The molecule has 3 aromatic heterocycles. The van der Waals surface area contributed by atoms with E-state index in [4.69, 9.17) is 4.98 Å². The van der Waals surface area contributed by atoms with Gasteiger partial charge in [0.2, 0.25) is 0 Å². The van der Waals surface area contributed by atoms with Gasteiger partial charge in [0.25, 0.3) is 0 Å². The fourth-order valence-electron chi connectivity index (χ4n) is 5.40. The molecule has 2 fully saturated rings. The number of hydrogen-bond donors (Lipinski definition) is 1. The van der Waals surface area contributed by atoms with Gasteiger partial charge in [0, 0.05) is 54.8 Å². The van der Waals surface area contributed by atoms with E-state index in [0.717, 1.165) is 30.0 Å². The van der Waals surface area contributed by atoms with Gasteiger partial charge in [0.15, 0.2) is 0 Å². The molecular formula is C25H27N5. The number of fused-ring (bicyclic) bond motifs is 3. The maximum absolute atomic E-state index is 4.99. The monoisotopic (exact) mass is 397 g/mol. The van der Waals surface area contributed by atoms with Gasteiger partial charge in [-0.05, 0) is 74.2 Å². The molecule has 1 saturated heterocycles. The highest BCUT2D eigenvalue weighted by Crippen LogP contribution is 2.60. The van der Waals surface area contributed by atoms with E-state index in [2.05, 4.69) is 51.4 Å². The van der Waals surface area contributed by atoms with E-state index in [1.165, 1.54) is 42.6 Å². The van der Waals surface area contributed by atoms with E-state index < -0.39 is 0 Å². The van der Waals surface area contributed by atoms with Crippen LogP contribution in [0.3, 0.4) is 0 Å². The highest BCUT2D eigenvalue weighted by atomic mass is 15.2. The Kier molecular flexibility index (Phi) is 4.13. The fraction of sp³-hybridized carbons (Fsp3) is 0.400. The number of likely N-dealkylation sites (tertiary alicyclic amines) is 1. The van der Waals surface area contributed by atoms with Crippen molar-refractivity contribution in [2.75, 3.05) is 11.9 Å². The SMILES string of the molecule is C[C@@H]1CCCN1Cc1ccnc(NC23Cc4nc(-c5ccncc5)ccc4C2C3)c1. The number of hydrogen-bond acceptors (Lipinski definition) is 5. The third-order valence-corrected chi connectivity index (χ3v) is 7.20. The second-order valence-corrected chi connectivity index (χ2v) is 9.19. The average molecular weight is 398 g/mol. The van der Waals surface area contributed by atoms with Gasteiger partial charge in [0.1, 0.15) is 5.82 Å². The highest BCUT2D eigenvalue weighted by molar-refractivity contribution is 5.62. The second kappa shape index (κ2) is 6.88. The van der Waals surface area contributed by atoms with Gasteiger partial charge in [-0.3, -0.25) is 14.9 Å². The topological polar surface area (TPSA) is 53.9 Å². The third-order valence-electron chi connectivity index (χ3n) is 7.20. The molecule has 3 atom stereocenters. The summed E-state index contributed by atoms with van der Waals surface area (Å²) in [5.41, 5.74) is 6.24. The smallest absolute Gasteiger partial charge is 0.126 e. The summed E-state index contributed by atoms with van der Waals surface area (Å²) in [6.07, 6.45) is 10.4. The van der Waals surface area contributed by atoms with Crippen molar-refractivity contribution in [1.82, 2.24) is 19.9 Å². The third kappa shape index (κ3) is 3.08. The summed E-state index contributed by atoms with van der Waals surface area (Å²) in [6, 6.07) is 13.6. The molecule has 1 aliphatic heterocycles. The molecule has 3 aliphatic rings.